The Morgan fingerprint density at radius 2 is 2.27 bits per heavy atom. The van der Waals surface area contributed by atoms with Gasteiger partial charge in [0, 0.05) is 0 Å². The minimum Gasteiger partial charge on any atom is -0.497 e. The monoisotopic (exact) mass is 201 g/mol. The maximum Gasteiger partial charge on any atom is 0.224 e. The fraction of sp³-hybridized carbons (Fsp3) is 0.462. The highest BCUT2D eigenvalue weighted by Gasteiger charge is 2.41. The van der Waals surface area contributed by atoms with Crippen molar-refractivity contribution in [2.75, 3.05) is 13.7 Å². The number of hydrogen-bond acceptors (Lipinski definition) is 1. The van der Waals surface area contributed by atoms with Crippen molar-refractivity contribution in [3.05, 3.63) is 41.2 Å². The molecule has 0 spiro atoms. The van der Waals surface area contributed by atoms with Crippen LogP contribution in [0.5, 0.6) is 5.75 Å². The number of rotatable bonds is 3. The van der Waals surface area contributed by atoms with Crippen molar-refractivity contribution >= 4 is 0 Å². The Labute approximate surface area is 90.7 Å². The van der Waals surface area contributed by atoms with E-state index < -0.39 is 0 Å². The number of methoxy groups -OCH3 is 1. The first-order valence-electron chi connectivity index (χ1n) is 5.28. The van der Waals surface area contributed by atoms with Gasteiger partial charge in [-0.05, 0) is 30.5 Å². The topological polar surface area (TPSA) is 13.6 Å². The summed E-state index contributed by atoms with van der Waals surface area (Å²) in [6.45, 7) is 7.65. The number of ether oxygens (including phenoxy) is 1. The molecular weight excluding hydrogens is 186 g/mol. The molecule has 1 saturated carbocycles. The van der Waals surface area contributed by atoms with Crippen LogP contribution < -0.4 is 4.74 Å². The van der Waals surface area contributed by atoms with Gasteiger partial charge in [0.25, 0.3) is 0 Å². The zero-order chi connectivity index (χ0) is 10.7. The molecule has 0 N–H and O–H groups in total. The maximum atomic E-state index is 7.04. The quantitative estimate of drug-likeness (QED) is 0.685. The lowest BCUT2D eigenvalue weighted by molar-refractivity contribution is 0.265. The third-order valence-electron chi connectivity index (χ3n) is 3.37. The van der Waals surface area contributed by atoms with E-state index in [0.29, 0.717) is 6.54 Å². The van der Waals surface area contributed by atoms with Gasteiger partial charge in [0.15, 0.2) is 0 Å². The van der Waals surface area contributed by atoms with Gasteiger partial charge in [-0.15, -0.1) is 0 Å². The fourth-order valence-electron chi connectivity index (χ4n) is 2.25. The van der Waals surface area contributed by atoms with Gasteiger partial charge in [-0.3, -0.25) is 0 Å². The summed E-state index contributed by atoms with van der Waals surface area (Å²) in [5.74, 6) is 0.892. The van der Waals surface area contributed by atoms with Gasteiger partial charge < -0.3 is 9.58 Å². The molecule has 0 radical (unpaired) electrons. The summed E-state index contributed by atoms with van der Waals surface area (Å²) in [6, 6.07) is 8.16. The highest BCUT2D eigenvalue weighted by atomic mass is 16.5. The van der Waals surface area contributed by atoms with Crippen molar-refractivity contribution in [2.24, 2.45) is 0 Å². The molecule has 2 nitrogen and oxygen atoms in total. The van der Waals surface area contributed by atoms with E-state index >= 15 is 0 Å². The van der Waals surface area contributed by atoms with Crippen molar-refractivity contribution < 1.29 is 4.74 Å². The Hall–Kier alpha value is -1.49. The molecule has 78 valence electrons. The van der Waals surface area contributed by atoms with Gasteiger partial charge in [0.2, 0.25) is 6.54 Å². The first-order valence-corrected chi connectivity index (χ1v) is 5.28. The van der Waals surface area contributed by atoms with Crippen LogP contribution in [0.4, 0.5) is 0 Å². The Morgan fingerprint density at radius 3 is 2.80 bits per heavy atom. The molecular formula is C13H15NO. The molecule has 0 saturated heterocycles. The lowest BCUT2D eigenvalue weighted by atomic mass is 9.64. The molecule has 0 amide bonds. The third-order valence-corrected chi connectivity index (χ3v) is 3.37. The molecule has 0 aliphatic heterocycles. The Balaban J connectivity index is 2.31. The van der Waals surface area contributed by atoms with Crippen LogP contribution >= 0.6 is 0 Å². The van der Waals surface area contributed by atoms with E-state index in [2.05, 4.69) is 17.0 Å². The van der Waals surface area contributed by atoms with Crippen LogP contribution in [-0.4, -0.2) is 13.7 Å². The maximum absolute atomic E-state index is 7.04. The molecule has 15 heavy (non-hydrogen) atoms. The van der Waals surface area contributed by atoms with Crippen molar-refractivity contribution in [2.45, 2.75) is 24.7 Å². The van der Waals surface area contributed by atoms with E-state index in [1.54, 1.807) is 7.11 Å². The lowest BCUT2D eigenvalue weighted by Crippen LogP contribution is -2.36. The third kappa shape index (κ3) is 1.70. The fourth-order valence-corrected chi connectivity index (χ4v) is 2.25. The Bertz CT molecular complexity index is 388. The SMILES string of the molecule is [C-]#[N+]CC1(c2cccc(OC)c2)CCC1. The van der Waals surface area contributed by atoms with Crippen molar-refractivity contribution in [3.8, 4) is 5.75 Å². The van der Waals surface area contributed by atoms with Crippen LogP contribution in [0.2, 0.25) is 0 Å². The first-order chi connectivity index (χ1) is 7.30. The number of nitrogens with zero attached hydrogens (tertiary/aromatic N) is 1. The Kier molecular flexibility index (Phi) is 2.64. The number of hydrogen-bond donors (Lipinski definition) is 0. The van der Waals surface area contributed by atoms with Gasteiger partial charge in [-0.2, -0.15) is 0 Å². The van der Waals surface area contributed by atoms with E-state index in [1.807, 2.05) is 12.1 Å². The normalized spacial score (nSPS) is 17.6. The zero-order valence-electron chi connectivity index (χ0n) is 8.99. The second-order valence-electron chi connectivity index (χ2n) is 4.18. The highest BCUT2D eigenvalue weighted by molar-refractivity contribution is 5.36. The van der Waals surface area contributed by atoms with Gasteiger partial charge in [0.05, 0.1) is 12.5 Å². The molecule has 2 heteroatoms. The molecule has 1 aromatic rings. The molecule has 0 unspecified atom stereocenters. The van der Waals surface area contributed by atoms with Crippen molar-refractivity contribution in [1.82, 2.24) is 0 Å². The van der Waals surface area contributed by atoms with Crippen LogP contribution in [0.25, 0.3) is 4.85 Å². The summed E-state index contributed by atoms with van der Waals surface area (Å²) in [6.07, 6.45) is 3.53. The summed E-state index contributed by atoms with van der Waals surface area (Å²) in [7, 11) is 1.68. The second-order valence-corrected chi connectivity index (χ2v) is 4.18. The van der Waals surface area contributed by atoms with E-state index in [9.17, 15) is 0 Å². The second kappa shape index (κ2) is 3.94. The van der Waals surface area contributed by atoms with Crippen molar-refractivity contribution in [1.29, 1.82) is 0 Å². The molecule has 1 aliphatic rings. The summed E-state index contributed by atoms with van der Waals surface area (Å²) in [5, 5.41) is 0. The molecule has 1 fully saturated rings. The standard InChI is InChI=1S/C13H15NO/c1-14-10-13(7-4-8-13)11-5-3-6-12(9-11)15-2/h3,5-6,9H,4,7-8,10H2,2H3. The summed E-state index contributed by atoms with van der Waals surface area (Å²) >= 11 is 0. The molecule has 1 aliphatic carbocycles. The minimum absolute atomic E-state index is 0.121. The molecule has 0 atom stereocenters. The molecule has 0 heterocycles. The average molecular weight is 201 g/mol. The summed E-state index contributed by atoms with van der Waals surface area (Å²) in [4.78, 5) is 3.57. The highest BCUT2D eigenvalue weighted by Crippen LogP contribution is 2.44. The molecule has 2 rings (SSSR count). The van der Waals surface area contributed by atoms with Crippen LogP contribution in [-0.2, 0) is 5.41 Å². The van der Waals surface area contributed by atoms with Crippen LogP contribution in [0, 0.1) is 6.57 Å². The predicted octanol–water partition coefficient (Wildman–Crippen LogP) is 3.04. The summed E-state index contributed by atoms with van der Waals surface area (Å²) in [5.41, 5.74) is 1.39. The van der Waals surface area contributed by atoms with Gasteiger partial charge in [-0.25, -0.2) is 6.57 Å². The van der Waals surface area contributed by atoms with E-state index in [4.69, 9.17) is 11.3 Å². The Morgan fingerprint density at radius 1 is 1.47 bits per heavy atom. The average Bonchev–Trinajstić information content (AvgIpc) is 2.23. The first kappa shape index (κ1) is 10.0. The number of benzene rings is 1. The van der Waals surface area contributed by atoms with E-state index in [-0.39, 0.29) is 5.41 Å². The summed E-state index contributed by atoms with van der Waals surface area (Å²) < 4.78 is 5.22. The van der Waals surface area contributed by atoms with Gasteiger partial charge >= 0.3 is 0 Å². The van der Waals surface area contributed by atoms with Crippen LogP contribution in [0.1, 0.15) is 24.8 Å². The lowest BCUT2D eigenvalue weighted by Gasteiger charge is -2.37. The van der Waals surface area contributed by atoms with Gasteiger partial charge in [0.1, 0.15) is 5.75 Å². The smallest absolute Gasteiger partial charge is 0.224 e. The van der Waals surface area contributed by atoms with Crippen LogP contribution in [0.3, 0.4) is 0 Å². The molecule has 1 aromatic carbocycles. The molecule has 0 bridgehead atoms. The van der Waals surface area contributed by atoms with Crippen molar-refractivity contribution in [3.63, 3.8) is 0 Å². The van der Waals surface area contributed by atoms with E-state index in [0.717, 1.165) is 18.6 Å². The predicted molar refractivity (Wildman–Crippen MR) is 60.0 cm³/mol. The zero-order valence-corrected chi connectivity index (χ0v) is 8.99. The molecule has 0 aromatic heterocycles. The van der Waals surface area contributed by atoms with E-state index in [1.165, 1.54) is 12.0 Å². The van der Waals surface area contributed by atoms with Gasteiger partial charge in [-0.1, -0.05) is 18.6 Å². The largest absolute Gasteiger partial charge is 0.497 e. The van der Waals surface area contributed by atoms with Crippen LogP contribution in [0.15, 0.2) is 24.3 Å². The minimum atomic E-state index is 0.121.